The molecule has 3 heterocycles. The third-order valence-corrected chi connectivity index (χ3v) is 3.96. The lowest BCUT2D eigenvalue weighted by Gasteiger charge is -2.07. The largest absolute Gasteiger partial charge is 0.361 e. The molecule has 130 valence electrons. The molecular weight excluding hydrogens is 326 g/mol. The third-order valence-electron chi connectivity index (χ3n) is 3.96. The first-order valence-electron chi connectivity index (χ1n) is 7.77. The fourth-order valence-electron chi connectivity index (χ4n) is 2.67. The molecule has 3 rings (SSSR count). The standard InChI is InChI=1S/C16H17N5O4/c1-4-10-9(8(3)25-21-10)6-17-14(22)11-5-7(2)12-13(18-11)19-16(24)20-15(12)23/h5H,4,6H2,1-3H3,(H,17,22)(H2,18,19,20,23,24). The van der Waals surface area contributed by atoms with Crippen LogP contribution in [0.2, 0.25) is 0 Å². The lowest BCUT2D eigenvalue weighted by Crippen LogP contribution is -2.27. The molecule has 0 aliphatic heterocycles. The van der Waals surface area contributed by atoms with Crippen molar-refractivity contribution in [1.29, 1.82) is 0 Å². The van der Waals surface area contributed by atoms with Gasteiger partial charge in [0.1, 0.15) is 17.1 Å². The molecule has 0 bridgehead atoms. The van der Waals surface area contributed by atoms with Gasteiger partial charge in [0.2, 0.25) is 0 Å². The van der Waals surface area contributed by atoms with Gasteiger partial charge < -0.3 is 9.84 Å². The summed E-state index contributed by atoms with van der Waals surface area (Å²) in [6.45, 7) is 5.66. The van der Waals surface area contributed by atoms with Gasteiger partial charge in [0, 0.05) is 12.1 Å². The number of hydrogen-bond acceptors (Lipinski definition) is 6. The Kier molecular flexibility index (Phi) is 4.22. The fourth-order valence-corrected chi connectivity index (χ4v) is 2.67. The van der Waals surface area contributed by atoms with Gasteiger partial charge in [0.15, 0.2) is 0 Å². The summed E-state index contributed by atoms with van der Waals surface area (Å²) in [4.78, 5) is 44.4. The number of carbonyl (C=O) groups excluding carboxylic acids is 1. The molecule has 0 spiro atoms. The molecule has 0 fully saturated rings. The molecule has 0 radical (unpaired) electrons. The summed E-state index contributed by atoms with van der Waals surface area (Å²) >= 11 is 0. The van der Waals surface area contributed by atoms with E-state index in [0.717, 1.165) is 11.3 Å². The van der Waals surface area contributed by atoms with Crippen LogP contribution in [0.15, 0.2) is 20.2 Å². The number of hydrogen-bond donors (Lipinski definition) is 3. The highest BCUT2D eigenvalue weighted by Gasteiger charge is 2.16. The Morgan fingerprint density at radius 3 is 2.76 bits per heavy atom. The maximum absolute atomic E-state index is 12.4. The maximum atomic E-state index is 12.4. The SMILES string of the molecule is CCc1noc(C)c1CNC(=O)c1cc(C)c2c(=O)[nH]c(=O)[nH]c2n1. The Labute approximate surface area is 141 Å². The normalized spacial score (nSPS) is 11.0. The number of aryl methyl sites for hydroxylation is 3. The summed E-state index contributed by atoms with van der Waals surface area (Å²) < 4.78 is 5.13. The number of nitrogens with zero attached hydrogens (tertiary/aromatic N) is 2. The molecule has 0 saturated carbocycles. The predicted octanol–water partition coefficient (Wildman–Crippen LogP) is 0.709. The molecule has 9 heteroatoms. The van der Waals surface area contributed by atoms with Crippen LogP contribution in [0.1, 0.15) is 40.0 Å². The van der Waals surface area contributed by atoms with Crippen LogP contribution >= 0.6 is 0 Å². The number of H-pyrrole nitrogens is 2. The van der Waals surface area contributed by atoms with Crippen LogP contribution in [0.25, 0.3) is 11.0 Å². The summed E-state index contributed by atoms with van der Waals surface area (Å²) in [6, 6.07) is 1.51. The lowest BCUT2D eigenvalue weighted by molar-refractivity contribution is 0.0946. The number of rotatable bonds is 4. The third kappa shape index (κ3) is 3.08. The zero-order valence-corrected chi connectivity index (χ0v) is 14.0. The highest BCUT2D eigenvalue weighted by Crippen LogP contribution is 2.14. The minimum absolute atomic E-state index is 0.0781. The van der Waals surface area contributed by atoms with Crippen molar-refractivity contribution in [3.63, 3.8) is 0 Å². The van der Waals surface area contributed by atoms with Crippen LogP contribution in [0.4, 0.5) is 0 Å². The average Bonchev–Trinajstić information content (AvgIpc) is 2.91. The average molecular weight is 343 g/mol. The predicted molar refractivity (Wildman–Crippen MR) is 89.5 cm³/mol. The van der Waals surface area contributed by atoms with E-state index >= 15 is 0 Å². The summed E-state index contributed by atoms with van der Waals surface area (Å²) in [5, 5.41) is 6.95. The monoisotopic (exact) mass is 343 g/mol. The molecule has 0 atom stereocenters. The number of aromatic nitrogens is 4. The van der Waals surface area contributed by atoms with E-state index in [1.54, 1.807) is 13.8 Å². The van der Waals surface area contributed by atoms with Crippen LogP contribution in [0.3, 0.4) is 0 Å². The number of amides is 1. The van der Waals surface area contributed by atoms with E-state index in [-0.39, 0.29) is 23.3 Å². The Morgan fingerprint density at radius 2 is 2.04 bits per heavy atom. The van der Waals surface area contributed by atoms with Gasteiger partial charge in [0.25, 0.3) is 11.5 Å². The van der Waals surface area contributed by atoms with E-state index < -0.39 is 17.2 Å². The number of fused-ring (bicyclic) bond motifs is 1. The van der Waals surface area contributed by atoms with Crippen LogP contribution in [0.5, 0.6) is 0 Å². The van der Waals surface area contributed by atoms with Crippen LogP contribution in [-0.4, -0.2) is 26.0 Å². The highest BCUT2D eigenvalue weighted by atomic mass is 16.5. The van der Waals surface area contributed by atoms with Crippen LogP contribution in [-0.2, 0) is 13.0 Å². The number of carbonyl (C=O) groups is 1. The van der Waals surface area contributed by atoms with Gasteiger partial charge in [-0.05, 0) is 31.9 Å². The Morgan fingerprint density at radius 1 is 1.28 bits per heavy atom. The van der Waals surface area contributed by atoms with Gasteiger partial charge in [-0.3, -0.25) is 19.6 Å². The summed E-state index contributed by atoms with van der Waals surface area (Å²) in [6.07, 6.45) is 0.694. The lowest BCUT2D eigenvalue weighted by atomic mass is 10.1. The molecule has 0 aliphatic rings. The van der Waals surface area contributed by atoms with E-state index in [1.807, 2.05) is 6.92 Å². The molecule has 3 aromatic heterocycles. The van der Waals surface area contributed by atoms with E-state index in [2.05, 4.69) is 25.4 Å². The van der Waals surface area contributed by atoms with Gasteiger partial charge in [-0.25, -0.2) is 9.78 Å². The Hall–Kier alpha value is -3.23. The first-order valence-corrected chi connectivity index (χ1v) is 7.77. The van der Waals surface area contributed by atoms with Crippen molar-refractivity contribution in [1.82, 2.24) is 25.4 Å². The van der Waals surface area contributed by atoms with Gasteiger partial charge in [-0.2, -0.15) is 0 Å². The van der Waals surface area contributed by atoms with E-state index in [9.17, 15) is 14.4 Å². The molecule has 0 unspecified atom stereocenters. The van der Waals surface area contributed by atoms with Gasteiger partial charge >= 0.3 is 5.69 Å². The number of aromatic amines is 2. The zero-order chi connectivity index (χ0) is 18.1. The molecule has 9 nitrogen and oxygen atoms in total. The molecule has 0 aliphatic carbocycles. The molecule has 25 heavy (non-hydrogen) atoms. The second-order valence-corrected chi connectivity index (χ2v) is 5.66. The van der Waals surface area contributed by atoms with E-state index in [1.165, 1.54) is 6.07 Å². The minimum atomic E-state index is -0.672. The number of nitrogens with one attached hydrogen (secondary N) is 3. The fraction of sp³-hybridized carbons (Fsp3) is 0.312. The molecular formula is C16H17N5O4. The topological polar surface area (TPSA) is 134 Å². The first kappa shape index (κ1) is 16.6. The zero-order valence-electron chi connectivity index (χ0n) is 14.0. The smallest absolute Gasteiger partial charge is 0.327 e. The Bertz CT molecular complexity index is 1080. The molecule has 0 saturated heterocycles. The van der Waals surface area contributed by atoms with E-state index in [4.69, 9.17) is 4.52 Å². The summed E-state index contributed by atoms with van der Waals surface area (Å²) in [7, 11) is 0. The summed E-state index contributed by atoms with van der Waals surface area (Å²) in [5.74, 6) is 0.226. The van der Waals surface area contributed by atoms with E-state index in [0.29, 0.717) is 17.7 Å². The first-order chi connectivity index (χ1) is 11.9. The van der Waals surface area contributed by atoms with Crippen molar-refractivity contribution in [2.24, 2.45) is 0 Å². The molecule has 3 aromatic rings. The van der Waals surface area contributed by atoms with Gasteiger partial charge in [0.05, 0.1) is 11.1 Å². The quantitative estimate of drug-likeness (QED) is 0.639. The van der Waals surface area contributed by atoms with Crippen molar-refractivity contribution >= 4 is 16.9 Å². The highest BCUT2D eigenvalue weighted by molar-refractivity contribution is 5.95. The molecule has 0 aromatic carbocycles. The van der Waals surface area contributed by atoms with Crippen LogP contribution in [0, 0.1) is 13.8 Å². The summed E-state index contributed by atoms with van der Waals surface area (Å²) in [5.41, 5.74) is 1.14. The second kappa shape index (κ2) is 6.34. The van der Waals surface area contributed by atoms with Gasteiger partial charge in [-0.1, -0.05) is 12.1 Å². The van der Waals surface area contributed by atoms with Gasteiger partial charge in [-0.15, -0.1) is 0 Å². The van der Waals surface area contributed by atoms with Crippen molar-refractivity contribution < 1.29 is 9.32 Å². The maximum Gasteiger partial charge on any atom is 0.327 e. The molecule has 3 N–H and O–H groups in total. The number of pyridine rings is 1. The van der Waals surface area contributed by atoms with Crippen molar-refractivity contribution in [3.8, 4) is 0 Å². The Balaban J connectivity index is 1.91. The van der Waals surface area contributed by atoms with Crippen LogP contribution < -0.4 is 16.6 Å². The van der Waals surface area contributed by atoms with Crippen molar-refractivity contribution in [2.45, 2.75) is 33.7 Å². The molecule has 1 amide bonds. The minimum Gasteiger partial charge on any atom is -0.361 e. The van der Waals surface area contributed by atoms with Crippen molar-refractivity contribution in [3.05, 3.63) is 55.2 Å². The second-order valence-electron chi connectivity index (χ2n) is 5.66. The van der Waals surface area contributed by atoms with Crippen molar-refractivity contribution in [2.75, 3.05) is 0 Å².